The van der Waals surface area contributed by atoms with Crippen LogP contribution in [0, 0.1) is 13.8 Å². The number of anilines is 1. The maximum absolute atomic E-state index is 12.3. The van der Waals surface area contributed by atoms with Crippen molar-refractivity contribution in [3.63, 3.8) is 0 Å². The summed E-state index contributed by atoms with van der Waals surface area (Å²) < 4.78 is 27.0. The summed E-state index contributed by atoms with van der Waals surface area (Å²) in [5, 5.41) is 0.669. The van der Waals surface area contributed by atoms with Gasteiger partial charge in [-0.2, -0.15) is 0 Å². The van der Waals surface area contributed by atoms with Gasteiger partial charge >= 0.3 is 0 Å². The van der Waals surface area contributed by atoms with Crippen LogP contribution in [0.25, 0.3) is 0 Å². The van der Waals surface area contributed by atoms with Crippen molar-refractivity contribution in [3.8, 4) is 0 Å². The molecule has 0 fully saturated rings. The zero-order valence-corrected chi connectivity index (χ0v) is 13.7. The largest absolute Gasteiger partial charge is 0.365 e. The highest BCUT2D eigenvalue weighted by molar-refractivity contribution is 7.93. The van der Waals surface area contributed by atoms with Crippen molar-refractivity contribution in [1.82, 2.24) is 0 Å². The van der Waals surface area contributed by atoms with E-state index in [0.29, 0.717) is 10.6 Å². The lowest BCUT2D eigenvalue weighted by Gasteiger charge is -2.08. The first kappa shape index (κ1) is 15.8. The first-order valence-corrected chi connectivity index (χ1v) is 8.58. The van der Waals surface area contributed by atoms with Crippen LogP contribution in [-0.2, 0) is 10.0 Å². The molecule has 0 atom stereocenters. The minimum atomic E-state index is -3.80. The molecule has 3 N–H and O–H groups in total. The summed E-state index contributed by atoms with van der Waals surface area (Å²) >= 11 is 6.92. The number of hydrogen-bond donors (Lipinski definition) is 2. The Labute approximate surface area is 131 Å². The van der Waals surface area contributed by atoms with Crippen LogP contribution < -0.4 is 10.5 Å². The molecule has 0 aliphatic heterocycles. The van der Waals surface area contributed by atoms with Gasteiger partial charge in [0.1, 0.15) is 5.00 Å². The molecule has 8 heteroatoms. The van der Waals surface area contributed by atoms with Crippen LogP contribution in [0.15, 0.2) is 29.2 Å². The molecule has 0 radical (unpaired) electrons. The van der Waals surface area contributed by atoms with Crippen LogP contribution >= 0.6 is 22.9 Å². The number of amides is 1. The van der Waals surface area contributed by atoms with Gasteiger partial charge in [-0.15, -0.1) is 11.3 Å². The first-order chi connectivity index (χ1) is 9.72. The van der Waals surface area contributed by atoms with Gasteiger partial charge in [0.25, 0.3) is 15.9 Å². The number of rotatable bonds is 4. The van der Waals surface area contributed by atoms with Crippen molar-refractivity contribution in [3.05, 3.63) is 45.3 Å². The first-order valence-electron chi connectivity index (χ1n) is 5.90. The number of nitrogens with one attached hydrogen (secondary N) is 1. The summed E-state index contributed by atoms with van der Waals surface area (Å²) in [7, 11) is -3.80. The third-order valence-electron chi connectivity index (χ3n) is 2.98. The molecule has 1 aromatic carbocycles. The summed E-state index contributed by atoms with van der Waals surface area (Å²) in [6, 6.07) is 5.75. The monoisotopic (exact) mass is 344 g/mol. The Morgan fingerprint density at radius 3 is 2.33 bits per heavy atom. The van der Waals surface area contributed by atoms with Gasteiger partial charge in [-0.3, -0.25) is 9.52 Å². The van der Waals surface area contributed by atoms with E-state index >= 15 is 0 Å². The number of sulfonamides is 1. The molecule has 112 valence electrons. The van der Waals surface area contributed by atoms with Crippen molar-refractivity contribution in [2.75, 3.05) is 4.72 Å². The molecule has 0 unspecified atom stereocenters. The highest BCUT2D eigenvalue weighted by Gasteiger charge is 2.22. The Balaban J connectivity index is 2.44. The lowest BCUT2D eigenvalue weighted by molar-refractivity contribution is 0.100. The van der Waals surface area contributed by atoms with E-state index in [4.69, 9.17) is 17.3 Å². The van der Waals surface area contributed by atoms with E-state index in [1.165, 1.54) is 35.6 Å². The van der Waals surface area contributed by atoms with E-state index in [9.17, 15) is 13.2 Å². The molecule has 0 saturated carbocycles. The fourth-order valence-corrected chi connectivity index (χ4v) is 4.29. The summed E-state index contributed by atoms with van der Waals surface area (Å²) in [4.78, 5) is 12.4. The molecule has 1 aromatic heterocycles. The smallest absolute Gasteiger partial charge is 0.262 e. The normalized spacial score (nSPS) is 11.4. The van der Waals surface area contributed by atoms with E-state index in [2.05, 4.69) is 4.72 Å². The quantitative estimate of drug-likeness (QED) is 0.893. The van der Waals surface area contributed by atoms with Gasteiger partial charge in [0.05, 0.1) is 10.5 Å². The van der Waals surface area contributed by atoms with Gasteiger partial charge < -0.3 is 5.73 Å². The average Bonchev–Trinajstić information content (AvgIpc) is 2.64. The van der Waals surface area contributed by atoms with Crippen LogP contribution in [0.1, 0.15) is 20.8 Å². The molecule has 0 saturated heterocycles. The van der Waals surface area contributed by atoms with Gasteiger partial charge in [-0.25, -0.2) is 8.42 Å². The molecule has 5 nitrogen and oxygen atoms in total. The second kappa shape index (κ2) is 5.67. The lowest BCUT2D eigenvalue weighted by atomic mass is 10.1. The highest BCUT2D eigenvalue weighted by Crippen LogP contribution is 2.33. The van der Waals surface area contributed by atoms with Crippen LogP contribution in [-0.4, -0.2) is 14.3 Å². The van der Waals surface area contributed by atoms with Crippen molar-refractivity contribution in [2.45, 2.75) is 18.7 Å². The Morgan fingerprint density at radius 2 is 1.81 bits per heavy atom. The number of halogens is 1. The molecule has 1 amide bonds. The maximum atomic E-state index is 12.3. The summed E-state index contributed by atoms with van der Waals surface area (Å²) in [5.41, 5.74) is 6.21. The topological polar surface area (TPSA) is 89.3 Å². The van der Waals surface area contributed by atoms with Crippen LogP contribution in [0.5, 0.6) is 0 Å². The number of nitrogens with two attached hydrogens (primary N) is 1. The highest BCUT2D eigenvalue weighted by atomic mass is 35.5. The third kappa shape index (κ3) is 3.20. The molecule has 0 bridgehead atoms. The number of thiophene rings is 1. The van der Waals surface area contributed by atoms with Gasteiger partial charge in [-0.1, -0.05) is 11.6 Å². The van der Waals surface area contributed by atoms with E-state index in [1.807, 2.05) is 0 Å². The molecule has 2 rings (SSSR count). The Bertz CT molecular complexity index is 796. The summed E-state index contributed by atoms with van der Waals surface area (Å²) in [6.45, 7) is 3.53. The van der Waals surface area contributed by atoms with Crippen molar-refractivity contribution in [2.24, 2.45) is 5.73 Å². The number of carbonyl (C=O) groups is 1. The predicted molar refractivity (Wildman–Crippen MR) is 84.6 cm³/mol. The number of benzene rings is 1. The van der Waals surface area contributed by atoms with Gasteiger partial charge in [0, 0.05) is 9.90 Å². The number of hydrogen-bond acceptors (Lipinski definition) is 4. The van der Waals surface area contributed by atoms with E-state index in [1.54, 1.807) is 13.8 Å². The number of carbonyl (C=O) groups excluding carboxylic acids is 1. The van der Waals surface area contributed by atoms with Gasteiger partial charge in [-0.05, 0) is 43.7 Å². The standard InChI is InChI=1S/C13H13ClN2O3S2/c1-7-8(2)20-13(11(7)12(15)17)16-21(18,19)10-5-3-9(14)4-6-10/h3-6,16H,1-2H3,(H2,15,17). The molecule has 2 aromatic rings. The predicted octanol–water partition coefficient (Wildman–Crippen LogP) is 2.92. The zero-order valence-electron chi connectivity index (χ0n) is 11.3. The van der Waals surface area contributed by atoms with Gasteiger partial charge in [0.15, 0.2) is 0 Å². The fourth-order valence-electron chi connectivity index (χ4n) is 1.79. The van der Waals surface area contributed by atoms with Crippen molar-refractivity contribution in [1.29, 1.82) is 0 Å². The lowest BCUT2D eigenvalue weighted by Crippen LogP contribution is -2.17. The number of aryl methyl sites for hydroxylation is 1. The Kier molecular flexibility index (Phi) is 4.27. The fraction of sp³-hybridized carbons (Fsp3) is 0.154. The van der Waals surface area contributed by atoms with Gasteiger partial charge in [0.2, 0.25) is 0 Å². The molecular formula is C13H13ClN2O3S2. The van der Waals surface area contributed by atoms with Crippen LogP contribution in [0.4, 0.5) is 5.00 Å². The second-order valence-corrected chi connectivity index (χ2v) is 7.75. The average molecular weight is 345 g/mol. The number of primary amides is 1. The van der Waals surface area contributed by atoms with E-state index in [-0.39, 0.29) is 15.5 Å². The molecule has 1 heterocycles. The summed E-state index contributed by atoms with van der Waals surface area (Å²) in [5.74, 6) is -0.661. The minimum Gasteiger partial charge on any atom is -0.365 e. The Hall–Kier alpha value is -1.57. The summed E-state index contributed by atoms with van der Waals surface area (Å²) in [6.07, 6.45) is 0. The molecule has 0 aliphatic rings. The van der Waals surface area contributed by atoms with Crippen LogP contribution in [0.2, 0.25) is 5.02 Å². The van der Waals surface area contributed by atoms with E-state index in [0.717, 1.165) is 4.88 Å². The third-order valence-corrected chi connectivity index (χ3v) is 5.85. The van der Waals surface area contributed by atoms with Crippen molar-refractivity contribution < 1.29 is 13.2 Å². The van der Waals surface area contributed by atoms with Crippen molar-refractivity contribution >= 4 is 43.9 Å². The molecule has 21 heavy (non-hydrogen) atoms. The van der Waals surface area contributed by atoms with E-state index < -0.39 is 15.9 Å². The van der Waals surface area contributed by atoms with Crippen LogP contribution in [0.3, 0.4) is 0 Å². The zero-order chi connectivity index (χ0) is 15.8. The maximum Gasteiger partial charge on any atom is 0.262 e. The Morgan fingerprint density at radius 1 is 1.24 bits per heavy atom. The molecule has 0 aliphatic carbocycles. The second-order valence-electron chi connectivity index (χ2n) is 4.41. The SMILES string of the molecule is Cc1sc(NS(=O)(=O)c2ccc(Cl)cc2)c(C(N)=O)c1C. The molecular weight excluding hydrogens is 332 g/mol. The minimum absolute atomic E-state index is 0.0611. The molecule has 0 spiro atoms.